The Morgan fingerprint density at radius 3 is 2.58 bits per heavy atom. The Hall–Kier alpha value is -2.72. The summed E-state index contributed by atoms with van der Waals surface area (Å²) in [6.07, 6.45) is 3.41. The van der Waals surface area contributed by atoms with Gasteiger partial charge in [0.15, 0.2) is 0 Å². The number of benzene rings is 2. The fourth-order valence-corrected chi connectivity index (χ4v) is 3.47. The molecule has 1 N–H and O–H groups in total. The molecular formula is C21H15ClF2N2. The van der Waals surface area contributed by atoms with Crippen LogP contribution in [0.3, 0.4) is 0 Å². The van der Waals surface area contributed by atoms with Crippen LogP contribution in [0, 0.1) is 18.6 Å². The molecule has 2 heterocycles. The summed E-state index contributed by atoms with van der Waals surface area (Å²) in [5.74, 6) is -1.24. The maximum Gasteiger partial charge on any atom is 0.133 e. The van der Waals surface area contributed by atoms with Crippen LogP contribution >= 0.6 is 11.6 Å². The Balaban J connectivity index is 1.93. The van der Waals surface area contributed by atoms with Crippen LogP contribution in [0.5, 0.6) is 0 Å². The fraction of sp³-hybridized carbons (Fsp3) is 0.0952. The van der Waals surface area contributed by atoms with E-state index in [1.807, 2.05) is 37.3 Å². The fourth-order valence-electron chi connectivity index (χ4n) is 3.23. The molecule has 1 atom stereocenters. The average molecular weight is 369 g/mol. The predicted octanol–water partition coefficient (Wildman–Crippen LogP) is 5.76. The second-order valence-corrected chi connectivity index (χ2v) is 6.62. The van der Waals surface area contributed by atoms with Crippen molar-refractivity contribution >= 4 is 22.9 Å². The van der Waals surface area contributed by atoms with Crippen LogP contribution in [0.25, 0.3) is 16.8 Å². The van der Waals surface area contributed by atoms with Crippen LogP contribution in [0.1, 0.15) is 16.7 Å². The van der Waals surface area contributed by atoms with Gasteiger partial charge < -0.3 is 5.32 Å². The van der Waals surface area contributed by atoms with Gasteiger partial charge in [0, 0.05) is 29.0 Å². The van der Waals surface area contributed by atoms with Gasteiger partial charge in [-0.05, 0) is 42.3 Å². The predicted molar refractivity (Wildman–Crippen MR) is 101 cm³/mol. The number of halogens is 3. The minimum absolute atomic E-state index is 0.307. The second-order valence-electron chi connectivity index (χ2n) is 6.15. The summed E-state index contributed by atoms with van der Waals surface area (Å²) < 4.78 is 27.7. The SMILES string of the molecule is Cc1ccccc1-c1nccc2c1NC(Cl)C=C2c1ccc(F)cc1F. The third kappa shape index (κ3) is 2.86. The Kier molecular flexibility index (Phi) is 4.21. The molecule has 2 nitrogen and oxygen atoms in total. The molecule has 26 heavy (non-hydrogen) atoms. The Bertz CT molecular complexity index is 1030. The second kappa shape index (κ2) is 6.54. The summed E-state index contributed by atoms with van der Waals surface area (Å²) in [5.41, 5.74) is 4.71. The lowest BCUT2D eigenvalue weighted by Gasteiger charge is -2.25. The monoisotopic (exact) mass is 368 g/mol. The maximum absolute atomic E-state index is 14.4. The highest BCUT2D eigenvalue weighted by atomic mass is 35.5. The molecule has 130 valence electrons. The van der Waals surface area contributed by atoms with E-state index in [4.69, 9.17) is 11.6 Å². The van der Waals surface area contributed by atoms with Gasteiger partial charge in [-0.15, -0.1) is 0 Å². The molecule has 0 spiro atoms. The maximum atomic E-state index is 14.4. The molecule has 1 aliphatic heterocycles. The molecule has 0 amide bonds. The van der Waals surface area contributed by atoms with Crippen LogP contribution in [-0.2, 0) is 0 Å². The number of aryl methyl sites for hydroxylation is 1. The summed E-state index contributed by atoms with van der Waals surface area (Å²) in [4.78, 5) is 4.52. The number of nitrogens with zero attached hydrogens (tertiary/aromatic N) is 1. The molecule has 1 aliphatic rings. The zero-order chi connectivity index (χ0) is 18.3. The van der Waals surface area contributed by atoms with Gasteiger partial charge in [-0.25, -0.2) is 8.78 Å². The Labute approximate surface area is 155 Å². The van der Waals surface area contributed by atoms with Gasteiger partial charge in [0.1, 0.15) is 17.1 Å². The summed E-state index contributed by atoms with van der Waals surface area (Å²) >= 11 is 6.36. The van der Waals surface area contributed by atoms with E-state index < -0.39 is 17.1 Å². The third-order valence-corrected chi connectivity index (χ3v) is 4.69. The highest BCUT2D eigenvalue weighted by molar-refractivity contribution is 6.24. The topological polar surface area (TPSA) is 24.9 Å². The van der Waals surface area contributed by atoms with Crippen molar-refractivity contribution in [2.24, 2.45) is 0 Å². The molecule has 1 unspecified atom stereocenters. The molecule has 0 aliphatic carbocycles. The molecule has 0 fully saturated rings. The summed E-state index contributed by atoms with van der Waals surface area (Å²) in [7, 11) is 0. The van der Waals surface area contributed by atoms with Gasteiger partial charge in [-0.1, -0.05) is 35.9 Å². The van der Waals surface area contributed by atoms with Crippen molar-refractivity contribution in [1.29, 1.82) is 0 Å². The number of pyridine rings is 1. The van der Waals surface area contributed by atoms with E-state index >= 15 is 0 Å². The van der Waals surface area contributed by atoms with Gasteiger partial charge >= 0.3 is 0 Å². The normalized spacial score (nSPS) is 15.8. The first-order valence-electron chi connectivity index (χ1n) is 8.18. The highest BCUT2D eigenvalue weighted by Gasteiger charge is 2.24. The van der Waals surface area contributed by atoms with Crippen molar-refractivity contribution in [3.8, 4) is 11.3 Å². The molecule has 2 aromatic carbocycles. The number of alkyl halides is 1. The number of aromatic nitrogens is 1. The van der Waals surface area contributed by atoms with E-state index in [2.05, 4.69) is 10.3 Å². The summed E-state index contributed by atoms with van der Waals surface area (Å²) in [6, 6.07) is 13.3. The molecule has 3 aromatic rings. The highest BCUT2D eigenvalue weighted by Crippen LogP contribution is 2.41. The van der Waals surface area contributed by atoms with Crippen LogP contribution in [-0.4, -0.2) is 10.5 Å². The molecule has 0 bridgehead atoms. The van der Waals surface area contributed by atoms with Gasteiger partial charge in [0.2, 0.25) is 0 Å². The lowest BCUT2D eigenvalue weighted by Crippen LogP contribution is -2.18. The number of rotatable bonds is 2. The molecule has 0 radical (unpaired) electrons. The molecule has 1 aromatic heterocycles. The largest absolute Gasteiger partial charge is 0.364 e. The third-order valence-electron chi connectivity index (χ3n) is 4.46. The van der Waals surface area contributed by atoms with E-state index in [0.717, 1.165) is 34.1 Å². The summed E-state index contributed by atoms with van der Waals surface area (Å²) in [5, 5.41) is 3.21. The van der Waals surface area contributed by atoms with Crippen molar-refractivity contribution in [2.45, 2.75) is 12.4 Å². The molecule has 0 saturated heterocycles. The molecule has 4 rings (SSSR count). The number of fused-ring (bicyclic) bond motifs is 1. The number of anilines is 1. The van der Waals surface area contributed by atoms with E-state index in [1.165, 1.54) is 12.1 Å². The van der Waals surface area contributed by atoms with E-state index in [0.29, 0.717) is 11.1 Å². The van der Waals surface area contributed by atoms with Crippen molar-refractivity contribution in [2.75, 3.05) is 5.32 Å². The first-order chi connectivity index (χ1) is 12.5. The minimum atomic E-state index is -0.623. The van der Waals surface area contributed by atoms with Crippen molar-refractivity contribution in [3.63, 3.8) is 0 Å². The molecule has 0 saturated carbocycles. The first-order valence-corrected chi connectivity index (χ1v) is 8.61. The molecular weight excluding hydrogens is 354 g/mol. The quantitative estimate of drug-likeness (QED) is 0.459. The lowest BCUT2D eigenvalue weighted by molar-refractivity contribution is 0.581. The number of nitrogens with one attached hydrogen (secondary N) is 1. The lowest BCUT2D eigenvalue weighted by atomic mass is 9.91. The van der Waals surface area contributed by atoms with Gasteiger partial charge in [0.25, 0.3) is 0 Å². The smallest absolute Gasteiger partial charge is 0.133 e. The Morgan fingerprint density at radius 2 is 1.81 bits per heavy atom. The standard InChI is InChI=1S/C21H15ClF2N2/c1-12-4-2-3-5-14(12)20-21-16(8-9-25-20)17(11-19(22)26-21)15-7-6-13(23)10-18(15)24/h2-11,19,26H,1H3. The van der Waals surface area contributed by atoms with Crippen molar-refractivity contribution < 1.29 is 8.78 Å². The van der Waals surface area contributed by atoms with Gasteiger partial charge in [-0.2, -0.15) is 0 Å². The first kappa shape index (κ1) is 16.7. The number of hydrogen-bond acceptors (Lipinski definition) is 2. The van der Waals surface area contributed by atoms with Gasteiger partial charge in [-0.3, -0.25) is 4.98 Å². The van der Waals surface area contributed by atoms with Crippen molar-refractivity contribution in [1.82, 2.24) is 4.98 Å². The van der Waals surface area contributed by atoms with Crippen LogP contribution < -0.4 is 5.32 Å². The average Bonchev–Trinajstić information content (AvgIpc) is 2.61. The van der Waals surface area contributed by atoms with Crippen LogP contribution in [0.15, 0.2) is 60.8 Å². The van der Waals surface area contributed by atoms with Gasteiger partial charge in [0.05, 0.1) is 11.4 Å². The number of hydrogen-bond donors (Lipinski definition) is 1. The molecule has 5 heteroatoms. The van der Waals surface area contributed by atoms with E-state index in [1.54, 1.807) is 12.3 Å². The van der Waals surface area contributed by atoms with Crippen LogP contribution in [0.4, 0.5) is 14.5 Å². The minimum Gasteiger partial charge on any atom is -0.364 e. The Morgan fingerprint density at radius 1 is 1.00 bits per heavy atom. The van der Waals surface area contributed by atoms with Crippen molar-refractivity contribution in [3.05, 3.63) is 89.1 Å². The summed E-state index contributed by atoms with van der Waals surface area (Å²) in [6.45, 7) is 2.01. The van der Waals surface area contributed by atoms with E-state index in [9.17, 15) is 8.78 Å². The zero-order valence-electron chi connectivity index (χ0n) is 13.9. The van der Waals surface area contributed by atoms with E-state index in [-0.39, 0.29) is 0 Å². The van der Waals surface area contributed by atoms with Crippen LogP contribution in [0.2, 0.25) is 0 Å². The zero-order valence-corrected chi connectivity index (χ0v) is 14.7.